The molecule has 2 nitrogen and oxygen atoms in total. The first-order valence-electron chi connectivity index (χ1n) is 3.35. The highest BCUT2D eigenvalue weighted by molar-refractivity contribution is 5.49. The van der Waals surface area contributed by atoms with Gasteiger partial charge in [-0.15, -0.1) is 0 Å². The van der Waals surface area contributed by atoms with E-state index in [9.17, 15) is 0 Å². The third kappa shape index (κ3) is 0.817. The fraction of sp³-hybridized carbons (Fsp3) is 0.250. The van der Waals surface area contributed by atoms with Crippen LogP contribution in [0.5, 0.6) is 0 Å². The van der Waals surface area contributed by atoms with Gasteiger partial charge in [0.15, 0.2) is 0 Å². The Hall–Kier alpha value is -1.18. The number of aromatic nitrogens is 2. The zero-order valence-electron chi connectivity index (χ0n) is 5.54. The van der Waals surface area contributed by atoms with E-state index in [1.165, 1.54) is 0 Å². The first-order chi connectivity index (χ1) is 4.97. The number of fused-ring (bicyclic) bond motifs is 1. The molecule has 0 aliphatic heterocycles. The summed E-state index contributed by atoms with van der Waals surface area (Å²) in [6, 6.07) is 0. The Balaban J connectivity index is 2.54. The third-order valence-electron chi connectivity index (χ3n) is 1.58. The molecule has 0 saturated carbocycles. The van der Waals surface area contributed by atoms with Crippen LogP contribution in [0.2, 0.25) is 0 Å². The lowest BCUT2D eigenvalue weighted by atomic mass is 10.1. The number of hydrogen-bond acceptors (Lipinski definition) is 2. The molecule has 1 aliphatic rings. The van der Waals surface area contributed by atoms with Gasteiger partial charge in [-0.3, -0.25) is 4.98 Å². The molecule has 0 N–H and O–H groups in total. The molecule has 2 heteroatoms. The lowest BCUT2D eigenvalue weighted by Gasteiger charge is -2.05. The van der Waals surface area contributed by atoms with E-state index in [2.05, 4.69) is 22.2 Å². The summed E-state index contributed by atoms with van der Waals surface area (Å²) in [5, 5.41) is 0. The van der Waals surface area contributed by atoms with Crippen molar-refractivity contribution >= 4 is 6.08 Å². The van der Waals surface area contributed by atoms with Gasteiger partial charge < -0.3 is 0 Å². The van der Waals surface area contributed by atoms with E-state index in [1.54, 1.807) is 6.20 Å². The van der Waals surface area contributed by atoms with E-state index in [1.807, 2.05) is 6.08 Å². The molecular formula is C8H7N2. The van der Waals surface area contributed by atoms with E-state index in [0.29, 0.717) is 0 Å². The highest BCUT2D eigenvalue weighted by Crippen LogP contribution is 2.12. The second-order valence-electron chi connectivity index (χ2n) is 2.27. The van der Waals surface area contributed by atoms with Crippen molar-refractivity contribution in [2.75, 3.05) is 0 Å². The Labute approximate surface area is 59.6 Å². The smallest absolute Gasteiger partial charge is 0.109 e. The molecule has 10 heavy (non-hydrogen) atoms. The molecule has 1 heterocycles. The lowest BCUT2D eigenvalue weighted by molar-refractivity contribution is 0.900. The average molecular weight is 131 g/mol. The molecule has 0 unspecified atom stereocenters. The molecule has 1 aromatic rings. The topological polar surface area (TPSA) is 25.8 Å². The van der Waals surface area contributed by atoms with Crippen LogP contribution in [0.4, 0.5) is 0 Å². The number of aryl methyl sites for hydroxylation is 1. The summed E-state index contributed by atoms with van der Waals surface area (Å²) in [4.78, 5) is 8.19. The summed E-state index contributed by atoms with van der Waals surface area (Å²) in [6.45, 7) is 0. The van der Waals surface area contributed by atoms with E-state index < -0.39 is 0 Å². The third-order valence-corrected chi connectivity index (χ3v) is 1.58. The summed E-state index contributed by atoms with van der Waals surface area (Å²) in [7, 11) is 0. The van der Waals surface area contributed by atoms with Gasteiger partial charge in [-0.05, 0) is 18.9 Å². The Morgan fingerprint density at radius 3 is 3.40 bits per heavy atom. The minimum atomic E-state index is 0.980. The number of allylic oxidation sites excluding steroid dienone is 1. The molecule has 1 aromatic heterocycles. The first kappa shape index (κ1) is 5.59. The fourth-order valence-corrected chi connectivity index (χ4v) is 1.08. The zero-order valence-corrected chi connectivity index (χ0v) is 5.54. The van der Waals surface area contributed by atoms with Crippen LogP contribution in [0.15, 0.2) is 12.3 Å². The van der Waals surface area contributed by atoms with Crippen molar-refractivity contribution in [2.45, 2.75) is 12.8 Å². The van der Waals surface area contributed by atoms with E-state index in [4.69, 9.17) is 0 Å². The highest BCUT2D eigenvalue weighted by atomic mass is 14.8. The largest absolute Gasteiger partial charge is 0.257 e. The van der Waals surface area contributed by atoms with Crippen molar-refractivity contribution in [3.05, 3.63) is 29.9 Å². The maximum atomic E-state index is 4.15. The summed E-state index contributed by atoms with van der Waals surface area (Å²) >= 11 is 0. The van der Waals surface area contributed by atoms with E-state index in [0.717, 1.165) is 24.2 Å². The predicted molar refractivity (Wildman–Crippen MR) is 38.2 cm³/mol. The molecule has 0 saturated heterocycles. The van der Waals surface area contributed by atoms with E-state index in [-0.39, 0.29) is 0 Å². The van der Waals surface area contributed by atoms with Crippen LogP contribution in [0.25, 0.3) is 6.08 Å². The standard InChI is InChI=1S/C8H7N2/c1-2-4-8-7(3-1)9-5-6-10-8/h1,3,6H,2,4H2. The SMILES string of the molecule is [c]1cnc2c(n1)C=CCC2. The van der Waals surface area contributed by atoms with Crippen LogP contribution in [0.3, 0.4) is 0 Å². The van der Waals surface area contributed by atoms with Gasteiger partial charge in [-0.2, -0.15) is 0 Å². The maximum absolute atomic E-state index is 4.15. The van der Waals surface area contributed by atoms with Gasteiger partial charge in [0.2, 0.25) is 0 Å². The molecule has 0 amide bonds. The zero-order chi connectivity index (χ0) is 6.81. The van der Waals surface area contributed by atoms with Crippen molar-refractivity contribution in [3.8, 4) is 0 Å². The van der Waals surface area contributed by atoms with Gasteiger partial charge in [-0.1, -0.05) is 6.08 Å². The normalized spacial score (nSPS) is 14.8. The first-order valence-corrected chi connectivity index (χ1v) is 3.35. The predicted octanol–water partition coefficient (Wildman–Crippen LogP) is 1.24. The molecular weight excluding hydrogens is 124 g/mol. The van der Waals surface area contributed by atoms with Crippen molar-refractivity contribution < 1.29 is 0 Å². The van der Waals surface area contributed by atoms with Crippen molar-refractivity contribution in [1.82, 2.24) is 9.97 Å². The van der Waals surface area contributed by atoms with Gasteiger partial charge >= 0.3 is 0 Å². The second-order valence-corrected chi connectivity index (χ2v) is 2.27. The molecule has 49 valence electrons. The van der Waals surface area contributed by atoms with Gasteiger partial charge in [0, 0.05) is 0 Å². The van der Waals surface area contributed by atoms with Gasteiger partial charge in [0.05, 0.1) is 17.6 Å². The van der Waals surface area contributed by atoms with Crippen molar-refractivity contribution in [3.63, 3.8) is 0 Å². The molecule has 0 bridgehead atoms. The van der Waals surface area contributed by atoms with Crippen molar-refractivity contribution in [1.29, 1.82) is 0 Å². The monoisotopic (exact) mass is 131 g/mol. The molecule has 1 radical (unpaired) electrons. The molecule has 0 aromatic carbocycles. The Morgan fingerprint density at radius 2 is 2.50 bits per heavy atom. The van der Waals surface area contributed by atoms with Crippen LogP contribution in [-0.4, -0.2) is 9.97 Å². The van der Waals surface area contributed by atoms with Crippen LogP contribution in [0.1, 0.15) is 17.8 Å². The van der Waals surface area contributed by atoms with Gasteiger partial charge in [0.1, 0.15) is 6.20 Å². The molecule has 0 fully saturated rings. The van der Waals surface area contributed by atoms with Crippen LogP contribution >= 0.6 is 0 Å². The number of hydrogen-bond donors (Lipinski definition) is 0. The molecule has 0 spiro atoms. The summed E-state index contributed by atoms with van der Waals surface area (Å²) in [6.07, 6.45) is 10.6. The van der Waals surface area contributed by atoms with Crippen molar-refractivity contribution in [2.24, 2.45) is 0 Å². The minimum absolute atomic E-state index is 0.980. The Kier molecular flexibility index (Phi) is 1.24. The van der Waals surface area contributed by atoms with E-state index >= 15 is 0 Å². The Morgan fingerprint density at radius 1 is 1.50 bits per heavy atom. The van der Waals surface area contributed by atoms with Crippen LogP contribution < -0.4 is 0 Å². The summed E-state index contributed by atoms with van der Waals surface area (Å²) in [5.74, 6) is 0. The van der Waals surface area contributed by atoms with Crippen LogP contribution in [-0.2, 0) is 6.42 Å². The number of rotatable bonds is 0. The van der Waals surface area contributed by atoms with Gasteiger partial charge in [-0.25, -0.2) is 4.98 Å². The summed E-state index contributed by atoms with van der Waals surface area (Å²) in [5.41, 5.74) is 2.08. The minimum Gasteiger partial charge on any atom is -0.257 e. The van der Waals surface area contributed by atoms with Crippen LogP contribution in [0, 0.1) is 6.20 Å². The second kappa shape index (κ2) is 2.21. The highest BCUT2D eigenvalue weighted by Gasteiger charge is 2.03. The Bertz CT molecular complexity index is 266. The molecule has 2 rings (SSSR count). The lowest BCUT2D eigenvalue weighted by Crippen LogP contribution is -1.99. The molecule has 0 atom stereocenters. The van der Waals surface area contributed by atoms with Gasteiger partial charge in [0.25, 0.3) is 0 Å². The number of nitrogens with zero attached hydrogens (tertiary/aromatic N) is 2. The fourth-order valence-electron chi connectivity index (χ4n) is 1.08. The summed E-state index contributed by atoms with van der Waals surface area (Å²) < 4.78 is 0. The average Bonchev–Trinajstić information content (AvgIpc) is 2.05. The maximum Gasteiger partial charge on any atom is 0.109 e. The molecule has 1 aliphatic carbocycles. The quantitative estimate of drug-likeness (QED) is 0.529.